The van der Waals surface area contributed by atoms with Gasteiger partial charge in [0.25, 0.3) is 0 Å². The molecular formula is C11H22N2O. The van der Waals surface area contributed by atoms with Crippen molar-refractivity contribution in [3.8, 4) is 0 Å². The first kappa shape index (κ1) is 10.4. The lowest BCUT2D eigenvalue weighted by Crippen LogP contribution is -2.68. The van der Waals surface area contributed by atoms with Gasteiger partial charge in [-0.1, -0.05) is 0 Å². The van der Waals surface area contributed by atoms with Crippen LogP contribution in [0.2, 0.25) is 0 Å². The van der Waals surface area contributed by atoms with Crippen LogP contribution in [0.4, 0.5) is 0 Å². The Morgan fingerprint density at radius 1 is 1.43 bits per heavy atom. The predicted molar refractivity (Wildman–Crippen MR) is 57.5 cm³/mol. The van der Waals surface area contributed by atoms with Crippen molar-refractivity contribution in [2.75, 3.05) is 26.2 Å². The Bertz CT molecular complexity index is 199. The fourth-order valence-corrected chi connectivity index (χ4v) is 2.23. The van der Waals surface area contributed by atoms with Crippen molar-refractivity contribution < 1.29 is 4.74 Å². The molecule has 0 amide bonds. The Morgan fingerprint density at radius 3 is 2.79 bits per heavy atom. The average molecular weight is 198 g/mol. The fraction of sp³-hybridized carbons (Fsp3) is 1.00. The molecule has 2 heterocycles. The van der Waals surface area contributed by atoms with Gasteiger partial charge in [0.1, 0.15) is 5.60 Å². The highest BCUT2D eigenvalue weighted by molar-refractivity contribution is 5.01. The lowest BCUT2D eigenvalue weighted by Gasteiger charge is -2.51. The molecule has 14 heavy (non-hydrogen) atoms. The Kier molecular flexibility index (Phi) is 2.82. The van der Waals surface area contributed by atoms with Gasteiger partial charge in [-0.15, -0.1) is 0 Å². The van der Waals surface area contributed by atoms with Crippen LogP contribution in [-0.2, 0) is 4.74 Å². The molecule has 82 valence electrons. The summed E-state index contributed by atoms with van der Waals surface area (Å²) in [6, 6.07) is 1.27. The van der Waals surface area contributed by atoms with Gasteiger partial charge < -0.3 is 10.1 Å². The Morgan fingerprint density at radius 2 is 2.14 bits per heavy atom. The van der Waals surface area contributed by atoms with Crippen LogP contribution < -0.4 is 5.32 Å². The van der Waals surface area contributed by atoms with E-state index in [2.05, 4.69) is 31.0 Å². The van der Waals surface area contributed by atoms with Crippen molar-refractivity contribution in [3.05, 3.63) is 0 Å². The molecule has 0 aromatic heterocycles. The molecular weight excluding hydrogens is 176 g/mol. The van der Waals surface area contributed by atoms with Crippen molar-refractivity contribution >= 4 is 0 Å². The molecule has 2 fully saturated rings. The van der Waals surface area contributed by atoms with E-state index in [0.29, 0.717) is 12.1 Å². The van der Waals surface area contributed by atoms with Crippen molar-refractivity contribution in [2.24, 2.45) is 0 Å². The topological polar surface area (TPSA) is 24.5 Å². The molecule has 2 rings (SSSR count). The lowest BCUT2D eigenvalue weighted by molar-refractivity contribution is -0.143. The molecule has 0 saturated carbocycles. The van der Waals surface area contributed by atoms with Crippen molar-refractivity contribution in [1.29, 1.82) is 0 Å². The van der Waals surface area contributed by atoms with Gasteiger partial charge in [0.2, 0.25) is 0 Å². The minimum absolute atomic E-state index is 0.134. The van der Waals surface area contributed by atoms with Gasteiger partial charge in [0.15, 0.2) is 0 Å². The maximum Gasteiger partial charge on any atom is 0.106 e. The normalized spacial score (nSPS) is 33.0. The highest BCUT2D eigenvalue weighted by Crippen LogP contribution is 2.28. The van der Waals surface area contributed by atoms with E-state index in [1.54, 1.807) is 0 Å². The molecule has 1 N–H and O–H groups in total. The zero-order valence-electron chi connectivity index (χ0n) is 9.55. The lowest BCUT2D eigenvalue weighted by atomic mass is 9.92. The quantitative estimate of drug-likeness (QED) is 0.676. The highest BCUT2D eigenvalue weighted by atomic mass is 16.5. The molecule has 0 bridgehead atoms. The summed E-state index contributed by atoms with van der Waals surface area (Å²) in [5.74, 6) is 0. The minimum Gasteiger partial charge on any atom is -0.371 e. The van der Waals surface area contributed by atoms with Gasteiger partial charge in [0, 0.05) is 38.3 Å². The molecule has 0 aromatic carbocycles. The molecule has 2 aliphatic heterocycles. The van der Waals surface area contributed by atoms with Gasteiger partial charge in [0.05, 0.1) is 0 Å². The summed E-state index contributed by atoms with van der Waals surface area (Å²) in [6.07, 6.45) is 1.14. The van der Waals surface area contributed by atoms with Crippen LogP contribution in [0.1, 0.15) is 27.2 Å². The smallest absolute Gasteiger partial charge is 0.106 e. The Hall–Kier alpha value is -0.120. The summed E-state index contributed by atoms with van der Waals surface area (Å²) in [5, 5.41) is 3.55. The number of hydrogen-bond acceptors (Lipinski definition) is 3. The third-order valence-corrected chi connectivity index (χ3v) is 3.44. The van der Waals surface area contributed by atoms with E-state index in [4.69, 9.17) is 4.74 Å². The SMILES string of the molecule is CC1CCOC2(CN1)CN(C(C)C)C2. The maximum atomic E-state index is 5.97. The monoisotopic (exact) mass is 198 g/mol. The number of nitrogens with one attached hydrogen (secondary N) is 1. The number of ether oxygens (including phenoxy) is 1. The van der Waals surface area contributed by atoms with E-state index >= 15 is 0 Å². The largest absolute Gasteiger partial charge is 0.371 e. The molecule has 3 heteroatoms. The van der Waals surface area contributed by atoms with Crippen LogP contribution in [0.25, 0.3) is 0 Å². The molecule has 1 unspecified atom stereocenters. The predicted octanol–water partition coefficient (Wildman–Crippen LogP) is 0.848. The summed E-state index contributed by atoms with van der Waals surface area (Å²) in [6.45, 7) is 10.9. The van der Waals surface area contributed by atoms with Crippen molar-refractivity contribution in [2.45, 2.75) is 44.9 Å². The van der Waals surface area contributed by atoms with Gasteiger partial charge in [-0.3, -0.25) is 4.90 Å². The van der Waals surface area contributed by atoms with E-state index in [1.807, 2.05) is 0 Å². The van der Waals surface area contributed by atoms with Crippen LogP contribution in [0.15, 0.2) is 0 Å². The second kappa shape index (κ2) is 3.80. The average Bonchev–Trinajstić information content (AvgIpc) is 2.24. The Labute approximate surface area is 86.8 Å². The highest BCUT2D eigenvalue weighted by Gasteiger charge is 2.45. The molecule has 2 aliphatic rings. The summed E-state index contributed by atoms with van der Waals surface area (Å²) in [5.41, 5.74) is 0.134. The minimum atomic E-state index is 0.134. The second-order valence-corrected chi connectivity index (χ2v) is 5.10. The van der Waals surface area contributed by atoms with Crippen LogP contribution in [0.5, 0.6) is 0 Å². The summed E-state index contributed by atoms with van der Waals surface area (Å²) < 4.78 is 5.97. The zero-order chi connectivity index (χ0) is 10.2. The van der Waals surface area contributed by atoms with Gasteiger partial charge in [-0.05, 0) is 27.2 Å². The van der Waals surface area contributed by atoms with Crippen LogP contribution in [0.3, 0.4) is 0 Å². The molecule has 0 aliphatic carbocycles. The summed E-state index contributed by atoms with van der Waals surface area (Å²) in [7, 11) is 0. The molecule has 2 saturated heterocycles. The van der Waals surface area contributed by atoms with Crippen molar-refractivity contribution in [1.82, 2.24) is 10.2 Å². The first-order valence-electron chi connectivity index (χ1n) is 5.73. The molecule has 0 radical (unpaired) electrons. The molecule has 1 spiro atoms. The van der Waals surface area contributed by atoms with Gasteiger partial charge >= 0.3 is 0 Å². The van der Waals surface area contributed by atoms with Crippen molar-refractivity contribution in [3.63, 3.8) is 0 Å². The number of likely N-dealkylation sites (tertiary alicyclic amines) is 1. The van der Waals surface area contributed by atoms with Gasteiger partial charge in [-0.2, -0.15) is 0 Å². The maximum absolute atomic E-state index is 5.97. The zero-order valence-corrected chi connectivity index (χ0v) is 9.55. The third kappa shape index (κ3) is 1.95. The standard InChI is InChI=1S/C11H22N2O/c1-9(2)13-7-11(8-13)6-12-10(3)4-5-14-11/h9-10,12H,4-8H2,1-3H3. The third-order valence-electron chi connectivity index (χ3n) is 3.44. The first-order valence-corrected chi connectivity index (χ1v) is 5.73. The van der Waals surface area contributed by atoms with E-state index < -0.39 is 0 Å². The van der Waals surface area contributed by atoms with E-state index in [9.17, 15) is 0 Å². The Balaban J connectivity index is 1.87. The first-order chi connectivity index (χ1) is 6.61. The van der Waals surface area contributed by atoms with Crippen LogP contribution in [-0.4, -0.2) is 48.8 Å². The van der Waals surface area contributed by atoms with Crippen LogP contribution >= 0.6 is 0 Å². The number of rotatable bonds is 1. The molecule has 3 nitrogen and oxygen atoms in total. The number of hydrogen-bond donors (Lipinski definition) is 1. The second-order valence-electron chi connectivity index (χ2n) is 5.10. The van der Waals surface area contributed by atoms with E-state index in [1.165, 1.54) is 0 Å². The summed E-state index contributed by atoms with van der Waals surface area (Å²) in [4.78, 5) is 2.47. The molecule has 0 aromatic rings. The molecule has 1 atom stereocenters. The number of nitrogens with zero attached hydrogens (tertiary/aromatic N) is 1. The fourth-order valence-electron chi connectivity index (χ4n) is 2.23. The van der Waals surface area contributed by atoms with Crippen LogP contribution in [0, 0.1) is 0 Å². The van der Waals surface area contributed by atoms with E-state index in [0.717, 1.165) is 32.7 Å². The van der Waals surface area contributed by atoms with Gasteiger partial charge in [-0.25, -0.2) is 0 Å². The van der Waals surface area contributed by atoms with E-state index in [-0.39, 0.29) is 5.60 Å². The summed E-state index contributed by atoms with van der Waals surface area (Å²) >= 11 is 0.